The molecule has 0 nitrogen and oxygen atoms in total. The van der Waals surface area contributed by atoms with Gasteiger partial charge in [-0.15, -0.1) is 0 Å². The van der Waals surface area contributed by atoms with Gasteiger partial charge in [0.2, 0.25) is 0 Å². The molecule has 13 heavy (non-hydrogen) atoms. The molecule has 0 fully saturated rings. The maximum Gasteiger partial charge on any atom is -0.0242 e. The maximum absolute atomic E-state index is 2.25. The van der Waals surface area contributed by atoms with Crippen LogP contribution in [0.15, 0.2) is 30.4 Å². The molecule has 0 heteroatoms. The Bertz CT molecular complexity index is 295. The minimum Gasteiger partial charge on any atom is -0.0917 e. The van der Waals surface area contributed by atoms with E-state index in [1.807, 2.05) is 0 Å². The lowest BCUT2D eigenvalue weighted by molar-refractivity contribution is 0.983. The van der Waals surface area contributed by atoms with Crippen molar-refractivity contribution in [1.29, 1.82) is 0 Å². The first kappa shape index (κ1) is 10.0. The Labute approximate surface area is 81.3 Å². The van der Waals surface area contributed by atoms with Gasteiger partial charge in [-0.3, -0.25) is 0 Å². The second-order valence-electron chi connectivity index (χ2n) is 3.54. The van der Waals surface area contributed by atoms with E-state index in [1.54, 1.807) is 0 Å². The van der Waals surface area contributed by atoms with Crippen LogP contribution in [0.3, 0.4) is 0 Å². The molecule has 0 unspecified atom stereocenters. The van der Waals surface area contributed by atoms with Crippen LogP contribution in [0.4, 0.5) is 0 Å². The molecule has 70 valence electrons. The first-order chi connectivity index (χ1) is 6.24. The Balaban J connectivity index is 2.66. The molecular formula is C13H18. The lowest BCUT2D eigenvalue weighted by Gasteiger charge is -2.04. The van der Waals surface area contributed by atoms with Crippen molar-refractivity contribution in [2.45, 2.75) is 33.6 Å². The van der Waals surface area contributed by atoms with Crippen LogP contribution >= 0.6 is 0 Å². The van der Waals surface area contributed by atoms with Gasteiger partial charge in [0.15, 0.2) is 0 Å². The van der Waals surface area contributed by atoms with E-state index in [-0.39, 0.29) is 0 Å². The van der Waals surface area contributed by atoms with E-state index in [0.717, 1.165) is 12.8 Å². The highest BCUT2D eigenvalue weighted by Crippen LogP contribution is 2.12. The third-order valence-corrected chi connectivity index (χ3v) is 2.31. The fourth-order valence-electron chi connectivity index (χ4n) is 1.53. The molecule has 0 aliphatic rings. The topological polar surface area (TPSA) is 0 Å². The molecule has 0 aliphatic heterocycles. The van der Waals surface area contributed by atoms with Crippen molar-refractivity contribution in [3.8, 4) is 0 Å². The van der Waals surface area contributed by atoms with Gasteiger partial charge in [0.25, 0.3) is 0 Å². The Morgan fingerprint density at radius 3 is 2.62 bits per heavy atom. The van der Waals surface area contributed by atoms with Crippen LogP contribution in [0.5, 0.6) is 0 Å². The van der Waals surface area contributed by atoms with Crippen molar-refractivity contribution >= 4 is 0 Å². The Morgan fingerprint density at radius 1 is 1.23 bits per heavy atom. The van der Waals surface area contributed by atoms with E-state index in [0.29, 0.717) is 0 Å². The van der Waals surface area contributed by atoms with Gasteiger partial charge in [0.05, 0.1) is 0 Å². The van der Waals surface area contributed by atoms with Gasteiger partial charge in [-0.1, -0.05) is 35.9 Å². The fourth-order valence-corrected chi connectivity index (χ4v) is 1.53. The van der Waals surface area contributed by atoms with Gasteiger partial charge in [0.1, 0.15) is 0 Å². The van der Waals surface area contributed by atoms with Crippen LogP contribution in [-0.4, -0.2) is 0 Å². The number of hydrogen-bond donors (Lipinski definition) is 0. The van der Waals surface area contributed by atoms with E-state index in [2.05, 4.69) is 51.1 Å². The quantitative estimate of drug-likeness (QED) is 0.611. The van der Waals surface area contributed by atoms with Crippen LogP contribution < -0.4 is 0 Å². The van der Waals surface area contributed by atoms with Gasteiger partial charge in [-0.25, -0.2) is 0 Å². The van der Waals surface area contributed by atoms with Crippen LogP contribution in [0.2, 0.25) is 0 Å². The van der Waals surface area contributed by atoms with E-state index < -0.39 is 0 Å². The molecule has 0 heterocycles. The second kappa shape index (κ2) is 4.86. The number of benzene rings is 1. The van der Waals surface area contributed by atoms with Crippen LogP contribution in [-0.2, 0) is 6.42 Å². The third-order valence-electron chi connectivity index (χ3n) is 2.31. The Hall–Kier alpha value is -1.04. The normalized spacial score (nSPS) is 11.0. The number of rotatable bonds is 3. The zero-order chi connectivity index (χ0) is 9.68. The fraction of sp³-hybridized carbons (Fsp3) is 0.385. The van der Waals surface area contributed by atoms with Gasteiger partial charge < -0.3 is 0 Å². The first-order valence-electron chi connectivity index (χ1n) is 4.91. The van der Waals surface area contributed by atoms with Crippen LogP contribution in [0, 0.1) is 13.8 Å². The zero-order valence-corrected chi connectivity index (χ0v) is 8.80. The second-order valence-corrected chi connectivity index (χ2v) is 3.54. The van der Waals surface area contributed by atoms with Crippen molar-refractivity contribution < 1.29 is 0 Å². The molecule has 1 aromatic rings. The number of allylic oxidation sites excluding steroid dienone is 2. The zero-order valence-electron chi connectivity index (χ0n) is 8.80. The molecule has 0 amide bonds. The smallest absolute Gasteiger partial charge is 0.0242 e. The molecule has 0 radical (unpaired) electrons. The highest BCUT2D eigenvalue weighted by atomic mass is 14.0. The molecule has 0 aliphatic carbocycles. The van der Waals surface area contributed by atoms with E-state index in [4.69, 9.17) is 0 Å². The van der Waals surface area contributed by atoms with Crippen molar-refractivity contribution in [2.24, 2.45) is 0 Å². The average Bonchev–Trinajstić information content (AvgIpc) is 2.09. The Morgan fingerprint density at radius 2 is 2.00 bits per heavy atom. The summed E-state index contributed by atoms with van der Waals surface area (Å²) in [7, 11) is 0. The summed E-state index contributed by atoms with van der Waals surface area (Å²) in [6.45, 7) is 6.41. The largest absolute Gasteiger partial charge is 0.0917 e. The molecule has 1 aromatic carbocycles. The monoisotopic (exact) mass is 174 g/mol. The van der Waals surface area contributed by atoms with Crippen LogP contribution in [0.1, 0.15) is 30.0 Å². The van der Waals surface area contributed by atoms with Crippen molar-refractivity contribution in [1.82, 2.24) is 0 Å². The van der Waals surface area contributed by atoms with Gasteiger partial charge in [0, 0.05) is 0 Å². The summed E-state index contributed by atoms with van der Waals surface area (Å²) >= 11 is 0. The molecular weight excluding hydrogens is 156 g/mol. The number of hydrogen-bond acceptors (Lipinski definition) is 0. The molecule has 0 saturated heterocycles. The molecule has 0 bridgehead atoms. The third kappa shape index (κ3) is 3.06. The highest BCUT2D eigenvalue weighted by molar-refractivity contribution is 5.30. The van der Waals surface area contributed by atoms with Gasteiger partial charge in [-0.2, -0.15) is 0 Å². The highest BCUT2D eigenvalue weighted by Gasteiger charge is 1.96. The molecule has 0 N–H and O–H groups in total. The summed E-state index contributed by atoms with van der Waals surface area (Å²) in [5.74, 6) is 0. The summed E-state index contributed by atoms with van der Waals surface area (Å²) in [4.78, 5) is 0. The lowest BCUT2D eigenvalue weighted by atomic mass is 10.0. The minimum atomic E-state index is 1.15. The van der Waals surface area contributed by atoms with Crippen molar-refractivity contribution in [2.75, 3.05) is 0 Å². The van der Waals surface area contributed by atoms with E-state index in [9.17, 15) is 0 Å². The predicted octanol–water partition coefficient (Wildman–Crippen LogP) is 3.81. The SMILES string of the molecule is C/C=C/CCc1ccc(C)cc1C. The predicted molar refractivity (Wildman–Crippen MR) is 59.1 cm³/mol. The summed E-state index contributed by atoms with van der Waals surface area (Å²) in [5, 5.41) is 0. The van der Waals surface area contributed by atoms with E-state index in [1.165, 1.54) is 16.7 Å². The first-order valence-corrected chi connectivity index (χ1v) is 4.91. The molecule has 0 atom stereocenters. The summed E-state index contributed by atoms with van der Waals surface area (Å²) in [6.07, 6.45) is 6.65. The Kier molecular flexibility index (Phi) is 3.75. The molecule has 0 saturated carbocycles. The van der Waals surface area contributed by atoms with Crippen molar-refractivity contribution in [3.63, 3.8) is 0 Å². The minimum absolute atomic E-state index is 1.15. The van der Waals surface area contributed by atoms with Gasteiger partial charge >= 0.3 is 0 Å². The summed E-state index contributed by atoms with van der Waals surface area (Å²) < 4.78 is 0. The molecule has 0 aromatic heterocycles. The van der Waals surface area contributed by atoms with Crippen molar-refractivity contribution in [3.05, 3.63) is 47.0 Å². The number of aryl methyl sites for hydroxylation is 3. The van der Waals surface area contributed by atoms with Gasteiger partial charge in [-0.05, 0) is 44.7 Å². The average molecular weight is 174 g/mol. The maximum atomic E-state index is 2.25. The van der Waals surface area contributed by atoms with Crippen LogP contribution in [0.25, 0.3) is 0 Å². The van der Waals surface area contributed by atoms with E-state index >= 15 is 0 Å². The molecule has 0 spiro atoms. The standard InChI is InChI=1S/C13H18/c1-4-5-6-7-13-9-8-11(2)10-12(13)3/h4-5,8-10H,6-7H2,1-3H3/b5-4+. The molecule has 1 rings (SSSR count). The summed E-state index contributed by atoms with van der Waals surface area (Å²) in [6, 6.07) is 6.69. The lowest BCUT2D eigenvalue weighted by Crippen LogP contribution is -1.89. The summed E-state index contributed by atoms with van der Waals surface area (Å²) in [5.41, 5.74) is 4.25.